The molecule has 1 atom stereocenters. The van der Waals surface area contributed by atoms with E-state index in [4.69, 9.17) is 4.74 Å². The number of carbonyl (C=O) groups excluding carboxylic acids is 1. The van der Waals surface area contributed by atoms with Crippen molar-refractivity contribution >= 4 is 17.3 Å². The molecule has 0 saturated carbocycles. The molecule has 0 aliphatic rings. The lowest BCUT2D eigenvalue weighted by atomic mass is 10.2. The summed E-state index contributed by atoms with van der Waals surface area (Å²) >= 11 is 1.76. The molecule has 0 fully saturated rings. The van der Waals surface area contributed by atoms with Crippen molar-refractivity contribution in [2.24, 2.45) is 5.92 Å². The standard InChI is InChI=1S/C17H21NO2S/c1-14(12-18-10-9-16-8-5-11-21-16)17(19)20-13-15-6-3-2-4-7-15/h2-8,11,14,18H,9-10,12-13H2,1H3. The number of carbonyl (C=O) groups is 1. The van der Waals surface area contributed by atoms with Crippen LogP contribution in [0.1, 0.15) is 17.4 Å². The van der Waals surface area contributed by atoms with Gasteiger partial charge in [-0.25, -0.2) is 0 Å². The maximum absolute atomic E-state index is 11.9. The fraction of sp³-hybridized carbons (Fsp3) is 0.353. The maximum atomic E-state index is 11.9. The van der Waals surface area contributed by atoms with E-state index in [9.17, 15) is 4.79 Å². The minimum absolute atomic E-state index is 0.128. The van der Waals surface area contributed by atoms with E-state index in [-0.39, 0.29) is 11.9 Å². The SMILES string of the molecule is CC(CNCCc1cccs1)C(=O)OCc1ccccc1. The highest BCUT2D eigenvalue weighted by molar-refractivity contribution is 7.09. The lowest BCUT2D eigenvalue weighted by molar-refractivity contribution is -0.149. The number of hydrogen-bond acceptors (Lipinski definition) is 4. The number of esters is 1. The summed E-state index contributed by atoms with van der Waals surface area (Å²) in [6, 6.07) is 13.9. The fourth-order valence-electron chi connectivity index (χ4n) is 1.94. The predicted molar refractivity (Wildman–Crippen MR) is 86.3 cm³/mol. The summed E-state index contributed by atoms with van der Waals surface area (Å²) in [4.78, 5) is 13.2. The Balaban J connectivity index is 1.61. The summed E-state index contributed by atoms with van der Waals surface area (Å²) in [5.74, 6) is -0.278. The number of ether oxygens (including phenoxy) is 1. The summed E-state index contributed by atoms with van der Waals surface area (Å²) in [6.45, 7) is 3.78. The van der Waals surface area contributed by atoms with Gasteiger partial charge in [-0.05, 0) is 30.0 Å². The highest BCUT2D eigenvalue weighted by Crippen LogP contribution is 2.08. The number of thiophene rings is 1. The minimum Gasteiger partial charge on any atom is -0.461 e. The molecule has 2 aromatic rings. The average molecular weight is 303 g/mol. The number of nitrogens with one attached hydrogen (secondary N) is 1. The second-order valence-corrected chi connectivity index (χ2v) is 6.06. The number of rotatable bonds is 8. The third-order valence-corrected chi connectivity index (χ3v) is 4.14. The molecule has 112 valence electrons. The third-order valence-electron chi connectivity index (χ3n) is 3.21. The van der Waals surface area contributed by atoms with E-state index in [2.05, 4.69) is 22.8 Å². The van der Waals surface area contributed by atoms with Crippen LogP contribution >= 0.6 is 11.3 Å². The Hall–Kier alpha value is -1.65. The second kappa shape index (κ2) is 8.60. The van der Waals surface area contributed by atoms with Gasteiger partial charge in [0.15, 0.2) is 0 Å². The molecule has 1 aromatic carbocycles. The quantitative estimate of drug-likeness (QED) is 0.601. The summed E-state index contributed by atoms with van der Waals surface area (Å²) in [6.07, 6.45) is 1.00. The summed E-state index contributed by atoms with van der Waals surface area (Å²) in [5, 5.41) is 5.39. The van der Waals surface area contributed by atoms with Gasteiger partial charge >= 0.3 is 5.97 Å². The Kier molecular flexibility index (Phi) is 6.44. The normalized spacial score (nSPS) is 12.0. The molecular weight excluding hydrogens is 282 g/mol. The van der Waals surface area contributed by atoms with Gasteiger partial charge in [0, 0.05) is 11.4 Å². The largest absolute Gasteiger partial charge is 0.461 e. The zero-order valence-electron chi connectivity index (χ0n) is 12.2. The van der Waals surface area contributed by atoms with Gasteiger partial charge in [0.25, 0.3) is 0 Å². The molecule has 1 heterocycles. The first-order valence-corrected chi connectivity index (χ1v) is 8.07. The molecule has 4 heteroatoms. The van der Waals surface area contributed by atoms with Crippen molar-refractivity contribution in [1.29, 1.82) is 0 Å². The van der Waals surface area contributed by atoms with Gasteiger partial charge in [0.2, 0.25) is 0 Å². The van der Waals surface area contributed by atoms with Gasteiger partial charge in [-0.3, -0.25) is 4.79 Å². The van der Waals surface area contributed by atoms with Crippen LogP contribution in [0.5, 0.6) is 0 Å². The Morgan fingerprint density at radius 1 is 1.24 bits per heavy atom. The Labute approximate surface area is 130 Å². The van der Waals surface area contributed by atoms with Crippen LogP contribution in [-0.2, 0) is 22.6 Å². The Morgan fingerprint density at radius 3 is 2.76 bits per heavy atom. The molecule has 0 aliphatic heterocycles. The smallest absolute Gasteiger partial charge is 0.310 e. The molecule has 0 radical (unpaired) electrons. The maximum Gasteiger partial charge on any atom is 0.310 e. The van der Waals surface area contributed by atoms with Crippen LogP contribution in [0.3, 0.4) is 0 Å². The molecule has 2 rings (SSSR count). The van der Waals surface area contributed by atoms with Crippen molar-refractivity contribution in [3.63, 3.8) is 0 Å². The van der Waals surface area contributed by atoms with Crippen LogP contribution in [0.4, 0.5) is 0 Å². The zero-order chi connectivity index (χ0) is 14.9. The monoisotopic (exact) mass is 303 g/mol. The highest BCUT2D eigenvalue weighted by atomic mass is 32.1. The molecule has 1 N–H and O–H groups in total. The van der Waals surface area contributed by atoms with Crippen LogP contribution in [0, 0.1) is 5.92 Å². The van der Waals surface area contributed by atoms with E-state index >= 15 is 0 Å². The Bertz CT molecular complexity index is 525. The van der Waals surface area contributed by atoms with E-state index in [1.54, 1.807) is 11.3 Å². The summed E-state index contributed by atoms with van der Waals surface area (Å²) in [5.41, 5.74) is 1.02. The molecule has 0 amide bonds. The van der Waals surface area contributed by atoms with Crippen molar-refractivity contribution < 1.29 is 9.53 Å². The van der Waals surface area contributed by atoms with Gasteiger partial charge in [0.05, 0.1) is 5.92 Å². The van der Waals surface area contributed by atoms with Crippen molar-refractivity contribution in [1.82, 2.24) is 5.32 Å². The van der Waals surface area contributed by atoms with Gasteiger partial charge in [-0.1, -0.05) is 43.3 Å². The molecule has 3 nitrogen and oxygen atoms in total. The minimum atomic E-state index is -0.150. The summed E-state index contributed by atoms with van der Waals surface area (Å²) < 4.78 is 5.32. The van der Waals surface area contributed by atoms with Crippen LogP contribution < -0.4 is 5.32 Å². The van der Waals surface area contributed by atoms with E-state index < -0.39 is 0 Å². The lowest BCUT2D eigenvalue weighted by Crippen LogP contribution is -2.29. The molecule has 0 bridgehead atoms. The molecule has 0 spiro atoms. The van der Waals surface area contributed by atoms with Crippen molar-refractivity contribution in [3.8, 4) is 0 Å². The van der Waals surface area contributed by atoms with Crippen molar-refractivity contribution in [2.75, 3.05) is 13.1 Å². The molecule has 0 saturated heterocycles. The zero-order valence-corrected chi connectivity index (χ0v) is 13.1. The van der Waals surface area contributed by atoms with E-state index in [1.807, 2.05) is 37.3 Å². The van der Waals surface area contributed by atoms with Crippen molar-refractivity contribution in [2.45, 2.75) is 20.0 Å². The van der Waals surface area contributed by atoms with Crippen LogP contribution in [-0.4, -0.2) is 19.1 Å². The first-order chi connectivity index (χ1) is 10.3. The van der Waals surface area contributed by atoms with Crippen LogP contribution in [0.25, 0.3) is 0 Å². The predicted octanol–water partition coefficient (Wildman–Crippen LogP) is 3.26. The van der Waals surface area contributed by atoms with Gasteiger partial charge in [-0.15, -0.1) is 11.3 Å². The average Bonchev–Trinajstić information content (AvgIpc) is 3.03. The third kappa shape index (κ3) is 5.69. The van der Waals surface area contributed by atoms with Crippen LogP contribution in [0.2, 0.25) is 0 Å². The molecule has 1 aromatic heterocycles. The lowest BCUT2D eigenvalue weighted by Gasteiger charge is -2.12. The van der Waals surface area contributed by atoms with E-state index in [0.29, 0.717) is 13.2 Å². The highest BCUT2D eigenvalue weighted by Gasteiger charge is 2.13. The van der Waals surface area contributed by atoms with Crippen LogP contribution in [0.15, 0.2) is 47.8 Å². The molecule has 21 heavy (non-hydrogen) atoms. The topological polar surface area (TPSA) is 38.3 Å². The Morgan fingerprint density at radius 2 is 2.05 bits per heavy atom. The molecule has 1 unspecified atom stereocenters. The first-order valence-electron chi connectivity index (χ1n) is 7.19. The van der Waals surface area contributed by atoms with Gasteiger partial charge < -0.3 is 10.1 Å². The van der Waals surface area contributed by atoms with E-state index in [0.717, 1.165) is 18.5 Å². The van der Waals surface area contributed by atoms with Gasteiger partial charge in [0.1, 0.15) is 6.61 Å². The number of benzene rings is 1. The molecular formula is C17H21NO2S. The second-order valence-electron chi connectivity index (χ2n) is 5.03. The van der Waals surface area contributed by atoms with Gasteiger partial charge in [-0.2, -0.15) is 0 Å². The molecule has 0 aliphatic carbocycles. The summed E-state index contributed by atoms with van der Waals surface area (Å²) in [7, 11) is 0. The van der Waals surface area contributed by atoms with Crippen molar-refractivity contribution in [3.05, 3.63) is 58.3 Å². The first kappa shape index (κ1) is 15.7. The fourth-order valence-corrected chi connectivity index (χ4v) is 2.65. The number of hydrogen-bond donors (Lipinski definition) is 1. The van der Waals surface area contributed by atoms with E-state index in [1.165, 1.54) is 4.88 Å².